The highest BCUT2D eigenvalue weighted by atomic mass is 16.2. The molecular formula is C15H19N3O2. The fraction of sp³-hybridized carbons (Fsp3) is 0.467. The largest absolute Gasteiger partial charge is 0.353 e. The standard InChI is InChI=1S/C15H19N3O2/c19-14-9-18(10-15(20)17-14)13-5-3-11(4-6-13)8-12-2-1-7-16-12/h3-6,12,16H,1-2,7-10H2,(H,17,19,20). The first-order valence-electron chi connectivity index (χ1n) is 7.11. The van der Waals surface area contributed by atoms with Crippen LogP contribution in [0.3, 0.4) is 0 Å². The van der Waals surface area contributed by atoms with Crippen LogP contribution in [-0.2, 0) is 16.0 Å². The lowest BCUT2D eigenvalue weighted by Crippen LogP contribution is -2.51. The number of hydrogen-bond donors (Lipinski definition) is 2. The monoisotopic (exact) mass is 273 g/mol. The van der Waals surface area contributed by atoms with Crippen molar-refractivity contribution in [3.63, 3.8) is 0 Å². The number of rotatable bonds is 3. The number of imide groups is 1. The maximum Gasteiger partial charge on any atom is 0.246 e. The van der Waals surface area contributed by atoms with Crippen LogP contribution in [-0.4, -0.2) is 37.5 Å². The molecule has 2 aliphatic rings. The van der Waals surface area contributed by atoms with Crippen molar-refractivity contribution in [3.8, 4) is 0 Å². The maximum absolute atomic E-state index is 11.4. The van der Waals surface area contributed by atoms with Crippen molar-refractivity contribution in [2.45, 2.75) is 25.3 Å². The van der Waals surface area contributed by atoms with Gasteiger partial charge in [-0.3, -0.25) is 14.9 Å². The average molecular weight is 273 g/mol. The molecule has 5 nitrogen and oxygen atoms in total. The highest BCUT2D eigenvalue weighted by Gasteiger charge is 2.22. The molecule has 1 unspecified atom stereocenters. The van der Waals surface area contributed by atoms with Crippen molar-refractivity contribution >= 4 is 17.5 Å². The summed E-state index contributed by atoms with van der Waals surface area (Å²) in [5.41, 5.74) is 2.22. The number of piperazine rings is 1. The highest BCUT2D eigenvalue weighted by Crippen LogP contribution is 2.18. The molecule has 0 aliphatic carbocycles. The van der Waals surface area contributed by atoms with E-state index in [0.29, 0.717) is 6.04 Å². The molecule has 0 saturated carbocycles. The van der Waals surface area contributed by atoms with Crippen molar-refractivity contribution in [2.75, 3.05) is 24.5 Å². The molecule has 2 aliphatic heterocycles. The van der Waals surface area contributed by atoms with Crippen LogP contribution >= 0.6 is 0 Å². The second-order valence-electron chi connectivity index (χ2n) is 5.49. The van der Waals surface area contributed by atoms with Gasteiger partial charge in [-0.25, -0.2) is 0 Å². The Kier molecular flexibility index (Phi) is 3.69. The number of nitrogens with one attached hydrogen (secondary N) is 2. The van der Waals surface area contributed by atoms with Crippen molar-refractivity contribution in [1.82, 2.24) is 10.6 Å². The fourth-order valence-electron chi connectivity index (χ4n) is 2.88. The first kappa shape index (κ1) is 13.1. The molecule has 1 aromatic rings. The minimum Gasteiger partial charge on any atom is -0.353 e. The Morgan fingerprint density at radius 1 is 1.10 bits per heavy atom. The van der Waals surface area contributed by atoms with Gasteiger partial charge in [0.15, 0.2) is 0 Å². The molecule has 2 saturated heterocycles. The Labute approximate surface area is 118 Å². The highest BCUT2D eigenvalue weighted by molar-refractivity contribution is 6.02. The number of amides is 2. The molecule has 0 radical (unpaired) electrons. The van der Waals surface area contributed by atoms with Crippen LogP contribution in [0.1, 0.15) is 18.4 Å². The van der Waals surface area contributed by atoms with Crippen molar-refractivity contribution < 1.29 is 9.59 Å². The molecule has 0 spiro atoms. The van der Waals surface area contributed by atoms with Crippen molar-refractivity contribution in [3.05, 3.63) is 29.8 Å². The molecule has 0 bridgehead atoms. The predicted octanol–water partition coefficient (Wildman–Crippen LogP) is 0.444. The van der Waals surface area contributed by atoms with Crippen LogP contribution in [0.15, 0.2) is 24.3 Å². The number of hydrogen-bond acceptors (Lipinski definition) is 4. The molecule has 20 heavy (non-hydrogen) atoms. The molecule has 5 heteroatoms. The number of anilines is 1. The van der Waals surface area contributed by atoms with Crippen molar-refractivity contribution in [2.24, 2.45) is 0 Å². The van der Waals surface area contributed by atoms with Crippen LogP contribution in [0, 0.1) is 0 Å². The first-order valence-corrected chi connectivity index (χ1v) is 7.11. The van der Waals surface area contributed by atoms with E-state index in [-0.39, 0.29) is 24.9 Å². The molecule has 106 valence electrons. The summed E-state index contributed by atoms with van der Waals surface area (Å²) in [6, 6.07) is 8.76. The third-order valence-corrected chi connectivity index (χ3v) is 3.89. The van der Waals surface area contributed by atoms with Gasteiger partial charge in [0.05, 0.1) is 13.1 Å². The molecule has 2 N–H and O–H groups in total. The van der Waals surface area contributed by atoms with Gasteiger partial charge in [0.1, 0.15) is 0 Å². The van der Waals surface area contributed by atoms with Gasteiger partial charge in [0, 0.05) is 11.7 Å². The molecular weight excluding hydrogens is 254 g/mol. The lowest BCUT2D eigenvalue weighted by Gasteiger charge is -2.27. The lowest BCUT2D eigenvalue weighted by molar-refractivity contribution is -0.130. The Morgan fingerprint density at radius 3 is 2.40 bits per heavy atom. The van der Waals surface area contributed by atoms with Gasteiger partial charge in [-0.2, -0.15) is 0 Å². The van der Waals surface area contributed by atoms with E-state index in [9.17, 15) is 9.59 Å². The van der Waals surface area contributed by atoms with E-state index in [1.807, 2.05) is 12.1 Å². The molecule has 1 atom stereocenters. The van der Waals surface area contributed by atoms with Crippen LogP contribution in [0.4, 0.5) is 5.69 Å². The summed E-state index contributed by atoms with van der Waals surface area (Å²) in [6.07, 6.45) is 3.54. The molecule has 2 fully saturated rings. The van der Waals surface area contributed by atoms with Crippen molar-refractivity contribution in [1.29, 1.82) is 0 Å². The van der Waals surface area contributed by atoms with Gasteiger partial charge in [0.25, 0.3) is 0 Å². The quantitative estimate of drug-likeness (QED) is 0.785. The summed E-state index contributed by atoms with van der Waals surface area (Å²) in [5.74, 6) is -0.471. The summed E-state index contributed by atoms with van der Waals surface area (Å²) in [5, 5.41) is 5.80. The number of nitrogens with zero attached hydrogens (tertiary/aromatic N) is 1. The summed E-state index contributed by atoms with van der Waals surface area (Å²) >= 11 is 0. The van der Waals surface area contributed by atoms with Gasteiger partial charge in [0.2, 0.25) is 11.8 Å². The summed E-state index contributed by atoms with van der Waals surface area (Å²) < 4.78 is 0. The smallest absolute Gasteiger partial charge is 0.246 e. The molecule has 1 aromatic carbocycles. The Bertz CT molecular complexity index is 490. The summed E-state index contributed by atoms with van der Waals surface area (Å²) in [7, 11) is 0. The zero-order valence-electron chi connectivity index (χ0n) is 11.4. The number of carbonyl (C=O) groups is 2. The van der Waals surface area contributed by atoms with Gasteiger partial charge in [-0.15, -0.1) is 0 Å². The van der Waals surface area contributed by atoms with Gasteiger partial charge < -0.3 is 10.2 Å². The first-order chi connectivity index (χ1) is 9.70. The third kappa shape index (κ3) is 2.99. The molecule has 2 amide bonds. The Morgan fingerprint density at radius 2 is 1.80 bits per heavy atom. The zero-order valence-corrected chi connectivity index (χ0v) is 11.4. The normalized spacial score (nSPS) is 23.0. The van der Waals surface area contributed by atoms with E-state index in [1.165, 1.54) is 18.4 Å². The van der Waals surface area contributed by atoms with Gasteiger partial charge in [-0.05, 0) is 43.5 Å². The van der Waals surface area contributed by atoms with E-state index in [0.717, 1.165) is 18.7 Å². The third-order valence-electron chi connectivity index (χ3n) is 3.89. The van der Waals surface area contributed by atoms with E-state index in [4.69, 9.17) is 0 Å². The van der Waals surface area contributed by atoms with Crippen LogP contribution in [0.25, 0.3) is 0 Å². The van der Waals surface area contributed by atoms with E-state index in [1.54, 1.807) is 4.90 Å². The Hall–Kier alpha value is -1.88. The topological polar surface area (TPSA) is 61.4 Å². The van der Waals surface area contributed by atoms with Crippen LogP contribution in [0.2, 0.25) is 0 Å². The van der Waals surface area contributed by atoms with E-state index in [2.05, 4.69) is 22.8 Å². The predicted molar refractivity (Wildman–Crippen MR) is 76.5 cm³/mol. The summed E-state index contributed by atoms with van der Waals surface area (Å²) in [6.45, 7) is 1.61. The summed E-state index contributed by atoms with van der Waals surface area (Å²) in [4.78, 5) is 24.5. The van der Waals surface area contributed by atoms with E-state index < -0.39 is 0 Å². The number of benzene rings is 1. The maximum atomic E-state index is 11.4. The SMILES string of the molecule is O=C1CN(c2ccc(CC3CCCN3)cc2)CC(=O)N1. The van der Waals surface area contributed by atoms with Crippen LogP contribution in [0.5, 0.6) is 0 Å². The average Bonchev–Trinajstić information content (AvgIpc) is 2.91. The molecule has 2 heterocycles. The Balaban J connectivity index is 1.65. The fourth-order valence-corrected chi connectivity index (χ4v) is 2.88. The minimum atomic E-state index is -0.236. The van der Waals surface area contributed by atoms with Gasteiger partial charge >= 0.3 is 0 Å². The lowest BCUT2D eigenvalue weighted by atomic mass is 10.0. The molecule has 0 aromatic heterocycles. The zero-order chi connectivity index (χ0) is 13.9. The second-order valence-corrected chi connectivity index (χ2v) is 5.49. The number of carbonyl (C=O) groups excluding carboxylic acids is 2. The second kappa shape index (κ2) is 5.63. The van der Waals surface area contributed by atoms with E-state index >= 15 is 0 Å². The minimum absolute atomic E-state index is 0.236. The van der Waals surface area contributed by atoms with Crippen LogP contribution < -0.4 is 15.5 Å². The van der Waals surface area contributed by atoms with Gasteiger partial charge in [-0.1, -0.05) is 12.1 Å². The molecule has 3 rings (SSSR count).